The number of nitrogens with zero attached hydrogens (tertiary/aromatic N) is 5. The molecule has 3 aromatic rings. The van der Waals surface area contributed by atoms with Gasteiger partial charge in [-0.2, -0.15) is 0 Å². The van der Waals surface area contributed by atoms with Crippen LogP contribution in [-0.4, -0.2) is 38.2 Å². The predicted octanol–water partition coefficient (Wildman–Crippen LogP) is 3.99. The lowest BCUT2D eigenvalue weighted by Crippen LogP contribution is -2.30. The molecule has 8 heteroatoms. The van der Waals surface area contributed by atoms with E-state index >= 15 is 0 Å². The number of halogens is 1. The summed E-state index contributed by atoms with van der Waals surface area (Å²) in [4.78, 5) is 14.0. The lowest BCUT2D eigenvalue weighted by molar-refractivity contribution is 0.220. The van der Waals surface area contributed by atoms with E-state index in [1.807, 2.05) is 53.2 Å². The molecule has 0 saturated heterocycles. The minimum Gasteiger partial charge on any atom is -0.323 e. The summed E-state index contributed by atoms with van der Waals surface area (Å²) in [5.74, 6) is 0.759. The van der Waals surface area contributed by atoms with Crippen molar-refractivity contribution in [3.8, 4) is 11.4 Å². The van der Waals surface area contributed by atoms with E-state index in [9.17, 15) is 4.79 Å². The summed E-state index contributed by atoms with van der Waals surface area (Å²) in [6.45, 7) is 0.497. The number of tetrazole rings is 1. The normalized spacial score (nSPS) is 13.4. The van der Waals surface area contributed by atoms with Crippen LogP contribution in [0.5, 0.6) is 0 Å². The third-order valence-electron chi connectivity index (χ3n) is 4.46. The fourth-order valence-electron chi connectivity index (χ4n) is 2.81. The smallest absolute Gasteiger partial charge is 0.321 e. The Kier molecular flexibility index (Phi) is 4.77. The molecule has 0 radical (unpaired) electrons. The molecule has 1 aliphatic rings. The molecule has 2 amide bonds. The van der Waals surface area contributed by atoms with Gasteiger partial charge in [0.2, 0.25) is 0 Å². The molecule has 1 saturated carbocycles. The van der Waals surface area contributed by atoms with Crippen molar-refractivity contribution in [2.45, 2.75) is 25.4 Å². The van der Waals surface area contributed by atoms with Crippen molar-refractivity contribution in [2.24, 2.45) is 0 Å². The molecule has 1 fully saturated rings. The molecule has 1 aliphatic carbocycles. The summed E-state index contributed by atoms with van der Waals surface area (Å²) in [7, 11) is 1.75. The standard InChI is InChI=1S/C19H19ClN6O/c1-25(12-13-2-6-15(20)7-3-13)19(27)21-16-8-4-14(5-9-16)18-22-23-24-26(18)17-10-11-17/h2-9,17H,10-12H2,1H3,(H,21,27). The van der Waals surface area contributed by atoms with E-state index in [1.165, 1.54) is 0 Å². The largest absolute Gasteiger partial charge is 0.323 e. The van der Waals surface area contributed by atoms with Crippen molar-refractivity contribution in [1.29, 1.82) is 0 Å². The summed E-state index contributed by atoms with van der Waals surface area (Å²) in [5.41, 5.74) is 2.66. The van der Waals surface area contributed by atoms with Crippen LogP contribution in [0.15, 0.2) is 48.5 Å². The molecule has 0 bridgehead atoms. The quantitative estimate of drug-likeness (QED) is 0.723. The van der Waals surface area contributed by atoms with Crippen molar-refractivity contribution in [1.82, 2.24) is 25.1 Å². The van der Waals surface area contributed by atoms with Crippen LogP contribution in [-0.2, 0) is 6.54 Å². The van der Waals surface area contributed by atoms with Crippen LogP contribution in [0.4, 0.5) is 10.5 Å². The molecule has 2 aromatic carbocycles. The Morgan fingerprint density at radius 1 is 1.19 bits per heavy atom. The summed E-state index contributed by atoms with van der Waals surface area (Å²) < 4.78 is 1.87. The molecular weight excluding hydrogens is 364 g/mol. The number of hydrogen-bond donors (Lipinski definition) is 1. The van der Waals surface area contributed by atoms with E-state index in [4.69, 9.17) is 11.6 Å². The number of benzene rings is 2. The van der Waals surface area contributed by atoms with Crippen LogP contribution < -0.4 is 5.32 Å². The Morgan fingerprint density at radius 3 is 2.56 bits per heavy atom. The third kappa shape index (κ3) is 4.09. The van der Waals surface area contributed by atoms with Gasteiger partial charge >= 0.3 is 6.03 Å². The number of hydrogen-bond acceptors (Lipinski definition) is 4. The predicted molar refractivity (Wildman–Crippen MR) is 103 cm³/mol. The van der Waals surface area contributed by atoms with Gasteiger partial charge in [-0.15, -0.1) is 5.10 Å². The molecule has 27 heavy (non-hydrogen) atoms. The second-order valence-corrected chi connectivity index (χ2v) is 7.10. The molecule has 1 heterocycles. The average Bonchev–Trinajstić information content (AvgIpc) is 3.41. The zero-order chi connectivity index (χ0) is 18.8. The number of amides is 2. The number of rotatable bonds is 5. The van der Waals surface area contributed by atoms with Gasteiger partial charge in [0.25, 0.3) is 0 Å². The van der Waals surface area contributed by atoms with Crippen LogP contribution in [0.2, 0.25) is 5.02 Å². The first-order valence-electron chi connectivity index (χ1n) is 8.75. The van der Waals surface area contributed by atoms with Gasteiger partial charge in [-0.25, -0.2) is 9.48 Å². The summed E-state index contributed by atoms with van der Waals surface area (Å²) in [6.07, 6.45) is 2.23. The van der Waals surface area contributed by atoms with Crippen LogP contribution in [0.25, 0.3) is 11.4 Å². The molecule has 138 valence electrons. The number of nitrogens with one attached hydrogen (secondary N) is 1. The molecule has 0 aliphatic heterocycles. The van der Waals surface area contributed by atoms with Crippen LogP contribution in [0.3, 0.4) is 0 Å². The maximum Gasteiger partial charge on any atom is 0.321 e. The molecule has 7 nitrogen and oxygen atoms in total. The second-order valence-electron chi connectivity index (χ2n) is 6.67. The van der Waals surface area contributed by atoms with E-state index < -0.39 is 0 Å². The Morgan fingerprint density at radius 2 is 1.89 bits per heavy atom. The Labute approximate surface area is 161 Å². The zero-order valence-corrected chi connectivity index (χ0v) is 15.6. The van der Waals surface area contributed by atoms with Crippen molar-refractivity contribution >= 4 is 23.3 Å². The lowest BCUT2D eigenvalue weighted by atomic mass is 10.2. The number of carbonyl (C=O) groups excluding carboxylic acids is 1. The van der Waals surface area contributed by atoms with Gasteiger partial charge in [0, 0.05) is 29.9 Å². The highest BCUT2D eigenvalue weighted by atomic mass is 35.5. The average molecular weight is 383 g/mol. The minimum absolute atomic E-state index is 0.180. The zero-order valence-electron chi connectivity index (χ0n) is 14.8. The second kappa shape index (κ2) is 7.36. The van der Waals surface area contributed by atoms with Gasteiger partial charge < -0.3 is 10.2 Å². The fraction of sp³-hybridized carbons (Fsp3) is 0.263. The summed E-state index contributed by atoms with van der Waals surface area (Å²) in [5, 5.41) is 15.5. The van der Waals surface area contributed by atoms with Crippen molar-refractivity contribution in [3.05, 3.63) is 59.1 Å². The SMILES string of the molecule is CN(Cc1ccc(Cl)cc1)C(=O)Nc1ccc(-c2nnnn2C2CC2)cc1. The lowest BCUT2D eigenvalue weighted by Gasteiger charge is -2.18. The van der Waals surface area contributed by atoms with Gasteiger partial charge in [-0.1, -0.05) is 23.7 Å². The maximum absolute atomic E-state index is 12.4. The Hall–Kier alpha value is -2.93. The third-order valence-corrected chi connectivity index (χ3v) is 4.71. The van der Waals surface area contributed by atoms with Gasteiger partial charge in [-0.3, -0.25) is 0 Å². The van der Waals surface area contributed by atoms with Gasteiger partial charge in [0.05, 0.1) is 6.04 Å². The maximum atomic E-state index is 12.4. The highest BCUT2D eigenvalue weighted by Crippen LogP contribution is 2.36. The molecule has 0 unspecified atom stereocenters. The van der Waals surface area contributed by atoms with Gasteiger partial charge in [0.15, 0.2) is 5.82 Å². The van der Waals surface area contributed by atoms with Gasteiger partial charge in [0.1, 0.15) is 0 Å². The van der Waals surface area contributed by atoms with Crippen LogP contribution in [0.1, 0.15) is 24.4 Å². The topological polar surface area (TPSA) is 75.9 Å². The van der Waals surface area contributed by atoms with E-state index in [-0.39, 0.29) is 6.03 Å². The minimum atomic E-state index is -0.180. The highest BCUT2D eigenvalue weighted by Gasteiger charge is 2.28. The van der Waals surface area contributed by atoms with Crippen LogP contribution in [0, 0.1) is 0 Å². The number of urea groups is 1. The molecule has 4 rings (SSSR count). The van der Waals surface area contributed by atoms with Gasteiger partial charge in [-0.05, 0) is 65.2 Å². The monoisotopic (exact) mass is 382 g/mol. The number of aromatic nitrogens is 4. The fourth-order valence-corrected chi connectivity index (χ4v) is 2.93. The Balaban J connectivity index is 1.39. The van der Waals surface area contributed by atoms with E-state index in [2.05, 4.69) is 20.8 Å². The number of carbonyl (C=O) groups is 1. The number of anilines is 1. The highest BCUT2D eigenvalue weighted by molar-refractivity contribution is 6.30. The molecule has 0 atom stereocenters. The Bertz CT molecular complexity index is 934. The van der Waals surface area contributed by atoms with E-state index in [1.54, 1.807) is 11.9 Å². The van der Waals surface area contributed by atoms with E-state index in [0.29, 0.717) is 17.6 Å². The molecule has 0 spiro atoms. The van der Waals surface area contributed by atoms with Crippen molar-refractivity contribution in [3.63, 3.8) is 0 Å². The van der Waals surface area contributed by atoms with Crippen molar-refractivity contribution in [2.75, 3.05) is 12.4 Å². The first-order chi connectivity index (χ1) is 13.1. The summed E-state index contributed by atoms with van der Waals surface area (Å²) in [6, 6.07) is 15.2. The van der Waals surface area contributed by atoms with E-state index in [0.717, 1.165) is 35.5 Å². The first kappa shape index (κ1) is 17.5. The van der Waals surface area contributed by atoms with Crippen LogP contribution >= 0.6 is 11.6 Å². The first-order valence-corrected chi connectivity index (χ1v) is 9.13. The summed E-state index contributed by atoms with van der Waals surface area (Å²) >= 11 is 5.89. The van der Waals surface area contributed by atoms with Crippen molar-refractivity contribution < 1.29 is 4.79 Å². The molecular formula is C19H19ClN6O. The molecule has 1 N–H and O–H groups in total. The molecule has 1 aromatic heterocycles.